The summed E-state index contributed by atoms with van der Waals surface area (Å²) in [5, 5.41) is 19.8. The van der Waals surface area contributed by atoms with Crippen LogP contribution in [0.4, 0.5) is 0 Å². The third-order valence-corrected chi connectivity index (χ3v) is 3.62. The molecule has 0 aromatic heterocycles. The van der Waals surface area contributed by atoms with Gasteiger partial charge in [-0.3, -0.25) is 4.79 Å². The van der Waals surface area contributed by atoms with Crippen LogP contribution in [0.3, 0.4) is 0 Å². The molecule has 1 rings (SSSR count). The molecule has 0 aliphatic carbocycles. The Morgan fingerprint density at radius 2 is 1.76 bits per heavy atom. The first-order chi connectivity index (χ1) is 7.83. The quantitative estimate of drug-likeness (QED) is 0.825. The molecule has 0 radical (unpaired) electrons. The molecule has 17 heavy (non-hydrogen) atoms. The predicted octanol–water partition coefficient (Wildman–Crippen LogP) is 2.48. The molecule has 2 N–H and O–H groups in total. The number of carboxylic acid groups (broad SMARTS) is 1. The molecule has 1 atom stereocenters. The third kappa shape index (κ3) is 2.67. The second kappa shape index (κ2) is 4.88. The van der Waals surface area contributed by atoms with E-state index in [4.69, 9.17) is 0 Å². The molecule has 3 heteroatoms. The van der Waals surface area contributed by atoms with Crippen molar-refractivity contribution < 1.29 is 15.0 Å². The van der Waals surface area contributed by atoms with Gasteiger partial charge in [0, 0.05) is 6.42 Å². The normalized spacial score (nSPS) is 15.3. The fraction of sp³-hybridized carbons (Fsp3) is 0.500. The first kappa shape index (κ1) is 13.7. The van der Waals surface area contributed by atoms with Crippen LogP contribution >= 0.6 is 0 Å². The molecule has 0 fully saturated rings. The maximum atomic E-state index is 11.3. The molecule has 0 saturated carbocycles. The minimum absolute atomic E-state index is 0.351. The van der Waals surface area contributed by atoms with Crippen molar-refractivity contribution in [3.8, 4) is 0 Å². The van der Waals surface area contributed by atoms with Crippen molar-refractivity contribution >= 4 is 5.97 Å². The zero-order valence-electron chi connectivity index (χ0n) is 10.6. The van der Waals surface area contributed by atoms with E-state index in [1.54, 1.807) is 13.8 Å². The highest BCUT2D eigenvalue weighted by molar-refractivity contribution is 5.75. The average molecular weight is 236 g/mol. The van der Waals surface area contributed by atoms with Crippen molar-refractivity contribution in [2.75, 3.05) is 0 Å². The summed E-state index contributed by atoms with van der Waals surface area (Å²) in [7, 11) is 0. The van der Waals surface area contributed by atoms with Crippen molar-refractivity contribution in [1.29, 1.82) is 0 Å². The van der Waals surface area contributed by atoms with Crippen LogP contribution in [-0.2, 0) is 11.2 Å². The van der Waals surface area contributed by atoms with Gasteiger partial charge in [-0.05, 0) is 25.8 Å². The second-order valence-corrected chi connectivity index (χ2v) is 4.98. The summed E-state index contributed by atoms with van der Waals surface area (Å²) in [4.78, 5) is 11.3. The summed E-state index contributed by atoms with van der Waals surface area (Å²) in [6, 6.07) is 9.48. The van der Waals surface area contributed by atoms with Gasteiger partial charge in [0.2, 0.25) is 0 Å². The van der Waals surface area contributed by atoms with E-state index < -0.39 is 17.0 Å². The standard InChI is InChI=1S/C14H20O3/c1-4-14(17,13(2,3)12(15)16)10-11-8-6-5-7-9-11/h5-9,17H,4,10H2,1-3H3,(H,15,16). The fourth-order valence-corrected chi connectivity index (χ4v) is 1.92. The highest BCUT2D eigenvalue weighted by Crippen LogP contribution is 2.36. The first-order valence-electron chi connectivity index (χ1n) is 5.83. The number of aliphatic carboxylic acids is 1. The number of hydrogen-bond donors (Lipinski definition) is 2. The van der Waals surface area contributed by atoms with Gasteiger partial charge in [-0.2, -0.15) is 0 Å². The molecular formula is C14H20O3. The molecule has 1 aromatic carbocycles. The van der Waals surface area contributed by atoms with Crippen molar-refractivity contribution in [3.63, 3.8) is 0 Å². The summed E-state index contributed by atoms with van der Waals surface area (Å²) >= 11 is 0. The average Bonchev–Trinajstić information content (AvgIpc) is 2.29. The van der Waals surface area contributed by atoms with E-state index in [1.807, 2.05) is 37.3 Å². The highest BCUT2D eigenvalue weighted by atomic mass is 16.4. The Morgan fingerprint density at radius 3 is 2.18 bits per heavy atom. The van der Waals surface area contributed by atoms with Gasteiger partial charge < -0.3 is 10.2 Å². The Kier molecular flexibility index (Phi) is 3.94. The SMILES string of the molecule is CCC(O)(Cc1ccccc1)C(C)(C)C(=O)O. The van der Waals surface area contributed by atoms with E-state index >= 15 is 0 Å². The van der Waals surface area contributed by atoms with Gasteiger partial charge in [0.25, 0.3) is 0 Å². The monoisotopic (exact) mass is 236 g/mol. The Bertz CT molecular complexity index is 384. The molecule has 0 spiro atoms. The van der Waals surface area contributed by atoms with E-state index in [1.165, 1.54) is 0 Å². The van der Waals surface area contributed by atoms with E-state index in [2.05, 4.69) is 0 Å². The first-order valence-corrected chi connectivity index (χ1v) is 5.83. The van der Waals surface area contributed by atoms with Crippen LogP contribution < -0.4 is 0 Å². The maximum Gasteiger partial charge on any atom is 0.312 e. The molecule has 0 saturated heterocycles. The van der Waals surface area contributed by atoms with Crippen molar-refractivity contribution in [2.45, 2.75) is 39.2 Å². The summed E-state index contributed by atoms with van der Waals surface area (Å²) in [6.45, 7) is 4.96. The van der Waals surface area contributed by atoms with Gasteiger partial charge in [0.1, 0.15) is 0 Å². The molecule has 0 amide bonds. The lowest BCUT2D eigenvalue weighted by Gasteiger charge is -2.39. The number of rotatable bonds is 5. The third-order valence-electron chi connectivity index (χ3n) is 3.62. The largest absolute Gasteiger partial charge is 0.481 e. The molecule has 94 valence electrons. The van der Waals surface area contributed by atoms with Gasteiger partial charge in [0.15, 0.2) is 0 Å². The Labute approximate surface area is 102 Å². The van der Waals surface area contributed by atoms with Gasteiger partial charge in [0.05, 0.1) is 11.0 Å². The van der Waals surface area contributed by atoms with Crippen molar-refractivity contribution in [2.24, 2.45) is 5.41 Å². The zero-order valence-corrected chi connectivity index (χ0v) is 10.6. The van der Waals surface area contributed by atoms with E-state index in [0.29, 0.717) is 12.8 Å². The van der Waals surface area contributed by atoms with E-state index in [9.17, 15) is 15.0 Å². The van der Waals surface area contributed by atoms with Crippen molar-refractivity contribution in [1.82, 2.24) is 0 Å². The smallest absolute Gasteiger partial charge is 0.312 e. The Balaban J connectivity index is 3.01. The molecule has 1 unspecified atom stereocenters. The molecule has 0 aliphatic heterocycles. The molecule has 1 aromatic rings. The molecular weight excluding hydrogens is 216 g/mol. The number of carboxylic acids is 1. The summed E-state index contributed by atoms with van der Waals surface area (Å²) in [5.41, 5.74) is -1.45. The molecule has 0 bridgehead atoms. The molecule has 0 aliphatic rings. The number of carbonyl (C=O) groups is 1. The van der Waals surface area contributed by atoms with Crippen LogP contribution in [0.15, 0.2) is 30.3 Å². The van der Waals surface area contributed by atoms with Crippen LogP contribution in [0.25, 0.3) is 0 Å². The Hall–Kier alpha value is -1.35. The van der Waals surface area contributed by atoms with Crippen LogP contribution in [0.1, 0.15) is 32.8 Å². The predicted molar refractivity (Wildman–Crippen MR) is 66.8 cm³/mol. The van der Waals surface area contributed by atoms with Crippen LogP contribution in [0, 0.1) is 5.41 Å². The summed E-state index contributed by atoms with van der Waals surface area (Å²) < 4.78 is 0. The van der Waals surface area contributed by atoms with Crippen LogP contribution in [0.5, 0.6) is 0 Å². The second-order valence-electron chi connectivity index (χ2n) is 4.98. The zero-order chi connectivity index (χ0) is 13.1. The van der Waals surface area contributed by atoms with E-state index in [0.717, 1.165) is 5.56 Å². The topological polar surface area (TPSA) is 57.5 Å². The lowest BCUT2D eigenvalue weighted by atomic mass is 9.70. The van der Waals surface area contributed by atoms with Crippen molar-refractivity contribution in [3.05, 3.63) is 35.9 Å². The molecule has 0 heterocycles. The fourth-order valence-electron chi connectivity index (χ4n) is 1.92. The minimum atomic E-state index is -1.24. The number of benzene rings is 1. The summed E-state index contributed by atoms with van der Waals surface area (Å²) in [6.07, 6.45) is 0.755. The van der Waals surface area contributed by atoms with Gasteiger partial charge >= 0.3 is 5.97 Å². The van der Waals surface area contributed by atoms with Gasteiger partial charge in [-0.15, -0.1) is 0 Å². The van der Waals surface area contributed by atoms with Crippen LogP contribution in [0.2, 0.25) is 0 Å². The summed E-state index contributed by atoms with van der Waals surface area (Å²) in [5.74, 6) is -0.974. The lowest BCUT2D eigenvalue weighted by Crippen LogP contribution is -2.50. The van der Waals surface area contributed by atoms with Gasteiger partial charge in [-0.25, -0.2) is 0 Å². The highest BCUT2D eigenvalue weighted by Gasteiger charge is 2.47. The number of hydrogen-bond acceptors (Lipinski definition) is 2. The number of aliphatic hydroxyl groups is 1. The lowest BCUT2D eigenvalue weighted by molar-refractivity contribution is -0.165. The van der Waals surface area contributed by atoms with Gasteiger partial charge in [-0.1, -0.05) is 37.3 Å². The maximum absolute atomic E-state index is 11.3. The van der Waals surface area contributed by atoms with E-state index in [-0.39, 0.29) is 0 Å². The Morgan fingerprint density at radius 1 is 1.24 bits per heavy atom. The van der Waals surface area contributed by atoms with Crippen LogP contribution in [-0.4, -0.2) is 21.8 Å². The molecule has 3 nitrogen and oxygen atoms in total. The minimum Gasteiger partial charge on any atom is -0.481 e.